The van der Waals surface area contributed by atoms with E-state index in [0.717, 1.165) is 0 Å². The van der Waals surface area contributed by atoms with Gasteiger partial charge in [-0.25, -0.2) is 0 Å². The normalized spacial score (nSPS) is 28.5. The van der Waals surface area contributed by atoms with E-state index < -0.39 is 5.41 Å². The summed E-state index contributed by atoms with van der Waals surface area (Å²) in [5, 5.41) is 7.57. The highest BCUT2D eigenvalue weighted by molar-refractivity contribution is 6.27. The molecule has 0 aromatic carbocycles. The second kappa shape index (κ2) is 2.65. The lowest BCUT2D eigenvalue weighted by molar-refractivity contribution is -0.143. The van der Waals surface area contributed by atoms with E-state index in [4.69, 9.17) is 4.74 Å². The molecular formula is C9H8N2O2. The average molecular weight is 176 g/mol. The SMILES string of the molecule is COC(=O)C12C=CC=CC1=NN=C2. The molecule has 2 rings (SSSR count). The highest BCUT2D eigenvalue weighted by Gasteiger charge is 2.43. The van der Waals surface area contributed by atoms with Crippen LogP contribution in [-0.2, 0) is 9.53 Å². The van der Waals surface area contributed by atoms with E-state index in [1.807, 2.05) is 6.08 Å². The number of hydrogen-bond donors (Lipinski definition) is 0. The largest absolute Gasteiger partial charge is 0.468 e. The summed E-state index contributed by atoms with van der Waals surface area (Å²) >= 11 is 0. The Morgan fingerprint density at radius 3 is 3.15 bits per heavy atom. The number of fused-ring (bicyclic) bond motifs is 1. The first-order valence-corrected chi connectivity index (χ1v) is 3.86. The Labute approximate surface area is 75.3 Å². The Kier molecular flexibility index (Phi) is 1.62. The number of methoxy groups -OCH3 is 1. The highest BCUT2D eigenvalue weighted by atomic mass is 16.5. The molecule has 0 aromatic rings. The van der Waals surface area contributed by atoms with Gasteiger partial charge in [0.25, 0.3) is 0 Å². The van der Waals surface area contributed by atoms with Crippen LogP contribution in [-0.4, -0.2) is 25.0 Å². The van der Waals surface area contributed by atoms with Gasteiger partial charge in [-0.3, -0.25) is 4.79 Å². The zero-order valence-corrected chi connectivity index (χ0v) is 7.10. The lowest BCUT2D eigenvalue weighted by Gasteiger charge is -2.20. The maximum Gasteiger partial charge on any atom is 0.327 e. The van der Waals surface area contributed by atoms with Gasteiger partial charge in [0.05, 0.1) is 19.0 Å². The van der Waals surface area contributed by atoms with Crippen LogP contribution in [0.4, 0.5) is 0 Å². The van der Waals surface area contributed by atoms with Crippen molar-refractivity contribution < 1.29 is 9.53 Å². The Balaban J connectivity index is 2.46. The fourth-order valence-corrected chi connectivity index (χ4v) is 1.38. The summed E-state index contributed by atoms with van der Waals surface area (Å²) < 4.78 is 4.70. The van der Waals surface area contributed by atoms with Crippen LogP contribution in [0.15, 0.2) is 34.5 Å². The van der Waals surface area contributed by atoms with Gasteiger partial charge in [-0.15, -0.1) is 0 Å². The first-order valence-electron chi connectivity index (χ1n) is 3.86. The van der Waals surface area contributed by atoms with Crippen LogP contribution < -0.4 is 0 Å². The number of rotatable bonds is 1. The molecule has 0 spiro atoms. The number of esters is 1. The molecule has 0 saturated heterocycles. The lowest BCUT2D eigenvalue weighted by atomic mass is 9.81. The maximum atomic E-state index is 11.5. The molecule has 0 radical (unpaired) electrons. The van der Waals surface area contributed by atoms with E-state index in [0.29, 0.717) is 5.71 Å². The predicted molar refractivity (Wildman–Crippen MR) is 48.7 cm³/mol. The van der Waals surface area contributed by atoms with Gasteiger partial charge >= 0.3 is 5.97 Å². The van der Waals surface area contributed by atoms with Gasteiger partial charge in [0.1, 0.15) is 0 Å². The van der Waals surface area contributed by atoms with Crippen molar-refractivity contribution in [2.75, 3.05) is 7.11 Å². The van der Waals surface area contributed by atoms with Crippen molar-refractivity contribution in [2.24, 2.45) is 15.6 Å². The third-order valence-electron chi connectivity index (χ3n) is 2.10. The summed E-state index contributed by atoms with van der Waals surface area (Å²) in [6, 6.07) is 0. The second-order valence-corrected chi connectivity index (χ2v) is 2.81. The van der Waals surface area contributed by atoms with Crippen molar-refractivity contribution >= 4 is 17.9 Å². The zero-order chi connectivity index (χ0) is 9.31. The van der Waals surface area contributed by atoms with Crippen LogP contribution in [0.5, 0.6) is 0 Å². The molecule has 0 saturated carbocycles. The molecule has 1 aliphatic heterocycles. The predicted octanol–water partition coefficient (Wildman–Crippen LogP) is 0.712. The molecule has 0 bridgehead atoms. The van der Waals surface area contributed by atoms with Crippen molar-refractivity contribution in [3.05, 3.63) is 24.3 Å². The molecule has 0 aromatic heterocycles. The maximum absolute atomic E-state index is 11.5. The van der Waals surface area contributed by atoms with Crippen LogP contribution in [0.2, 0.25) is 0 Å². The molecule has 1 heterocycles. The van der Waals surface area contributed by atoms with Crippen LogP contribution >= 0.6 is 0 Å². The molecule has 1 unspecified atom stereocenters. The summed E-state index contributed by atoms with van der Waals surface area (Å²) in [6.07, 6.45) is 8.58. The average Bonchev–Trinajstić information content (AvgIpc) is 2.61. The summed E-state index contributed by atoms with van der Waals surface area (Å²) in [4.78, 5) is 11.5. The number of carbonyl (C=O) groups is 1. The molecule has 0 amide bonds. The molecule has 1 atom stereocenters. The van der Waals surface area contributed by atoms with E-state index in [-0.39, 0.29) is 5.97 Å². The fourth-order valence-electron chi connectivity index (χ4n) is 1.38. The molecule has 1 aliphatic carbocycles. The summed E-state index contributed by atoms with van der Waals surface area (Å²) in [6.45, 7) is 0. The number of hydrogen-bond acceptors (Lipinski definition) is 4. The van der Waals surface area contributed by atoms with E-state index in [1.54, 1.807) is 18.2 Å². The first-order chi connectivity index (χ1) is 6.29. The van der Waals surface area contributed by atoms with Crippen molar-refractivity contribution in [1.82, 2.24) is 0 Å². The van der Waals surface area contributed by atoms with Gasteiger partial charge in [0.2, 0.25) is 0 Å². The number of nitrogens with zero attached hydrogens (tertiary/aromatic N) is 2. The van der Waals surface area contributed by atoms with Crippen LogP contribution in [0.3, 0.4) is 0 Å². The van der Waals surface area contributed by atoms with Gasteiger partial charge in [0, 0.05) is 0 Å². The monoisotopic (exact) mass is 176 g/mol. The van der Waals surface area contributed by atoms with Crippen molar-refractivity contribution in [3.63, 3.8) is 0 Å². The minimum atomic E-state index is -0.872. The second-order valence-electron chi connectivity index (χ2n) is 2.81. The summed E-state index contributed by atoms with van der Waals surface area (Å²) in [5.41, 5.74) is -0.259. The van der Waals surface area contributed by atoms with Gasteiger partial charge in [-0.2, -0.15) is 10.2 Å². The smallest absolute Gasteiger partial charge is 0.327 e. The van der Waals surface area contributed by atoms with E-state index in [1.165, 1.54) is 13.3 Å². The minimum Gasteiger partial charge on any atom is -0.468 e. The molecular weight excluding hydrogens is 168 g/mol. The Morgan fingerprint density at radius 2 is 2.38 bits per heavy atom. The van der Waals surface area contributed by atoms with Gasteiger partial charge in [-0.05, 0) is 6.08 Å². The fraction of sp³-hybridized carbons (Fsp3) is 0.222. The van der Waals surface area contributed by atoms with Crippen molar-refractivity contribution in [2.45, 2.75) is 0 Å². The van der Waals surface area contributed by atoms with Crippen LogP contribution in [0.1, 0.15) is 0 Å². The molecule has 2 aliphatic rings. The van der Waals surface area contributed by atoms with E-state index in [9.17, 15) is 4.79 Å². The van der Waals surface area contributed by atoms with Crippen LogP contribution in [0.25, 0.3) is 0 Å². The Bertz CT molecular complexity index is 366. The summed E-state index contributed by atoms with van der Waals surface area (Å²) in [5.74, 6) is -0.354. The lowest BCUT2D eigenvalue weighted by Crippen LogP contribution is -2.38. The zero-order valence-electron chi connectivity index (χ0n) is 7.10. The van der Waals surface area contributed by atoms with Crippen molar-refractivity contribution in [1.29, 1.82) is 0 Å². The highest BCUT2D eigenvalue weighted by Crippen LogP contribution is 2.28. The van der Waals surface area contributed by atoms with Crippen LogP contribution in [0, 0.1) is 5.41 Å². The summed E-state index contributed by atoms with van der Waals surface area (Å²) in [7, 11) is 1.35. The molecule has 0 N–H and O–H groups in total. The molecule has 66 valence electrons. The molecule has 4 nitrogen and oxygen atoms in total. The third kappa shape index (κ3) is 0.950. The third-order valence-corrected chi connectivity index (χ3v) is 2.10. The van der Waals surface area contributed by atoms with Gasteiger partial charge in [0.15, 0.2) is 5.41 Å². The van der Waals surface area contributed by atoms with E-state index >= 15 is 0 Å². The standard InChI is InChI=1S/C9H8N2O2/c1-13-8(12)9-5-3-2-4-7(9)11-10-6-9/h2-6H,1H3. The van der Waals surface area contributed by atoms with E-state index in [2.05, 4.69) is 10.2 Å². The quantitative estimate of drug-likeness (QED) is 0.552. The number of ether oxygens (including phenoxy) is 1. The molecule has 4 heteroatoms. The molecule has 0 fully saturated rings. The first kappa shape index (κ1) is 7.91. The molecule has 13 heavy (non-hydrogen) atoms. The Hall–Kier alpha value is -1.71. The minimum absolute atomic E-state index is 0.354. The topological polar surface area (TPSA) is 51.0 Å². The van der Waals surface area contributed by atoms with Gasteiger partial charge < -0.3 is 4.74 Å². The van der Waals surface area contributed by atoms with Crippen molar-refractivity contribution in [3.8, 4) is 0 Å². The Morgan fingerprint density at radius 1 is 1.54 bits per heavy atom. The number of allylic oxidation sites excluding steroid dienone is 3. The number of carbonyl (C=O) groups excluding carboxylic acids is 1. The van der Waals surface area contributed by atoms with Gasteiger partial charge in [-0.1, -0.05) is 18.2 Å².